The van der Waals surface area contributed by atoms with Gasteiger partial charge in [-0.05, 0) is 77.6 Å². The second-order valence-electron chi connectivity index (χ2n) is 10.3. The standard InChI is InChI=1S/C29H25BrN2O2S2/c30-21-10-7-17(8-11-21)24-25-19-5-6-20(13-19)26(25)35-28-27(24)36-29(34)32(28)15-23(33)31-22-12-9-16-3-1-2-4-18(16)14-22/h1-4,7-12,14,19-20,24-26H,5-6,13,15H2,(H,31,33)/t19?,20?,24-,25?,26?/m1/s1. The van der Waals surface area contributed by atoms with Crippen LogP contribution in [0.25, 0.3) is 10.8 Å². The number of aromatic nitrogens is 1. The number of thioether (sulfide) groups is 1. The molecule has 0 spiro atoms. The molecule has 2 fully saturated rings. The Balaban J connectivity index is 1.22. The van der Waals surface area contributed by atoms with Crippen molar-refractivity contribution in [3.8, 4) is 0 Å². The number of hydrogen-bond acceptors (Lipinski definition) is 4. The van der Waals surface area contributed by atoms with Gasteiger partial charge in [0.2, 0.25) is 5.91 Å². The monoisotopic (exact) mass is 576 g/mol. The largest absolute Gasteiger partial charge is 0.325 e. The molecule has 7 heteroatoms. The summed E-state index contributed by atoms with van der Waals surface area (Å²) in [6, 6.07) is 22.6. The van der Waals surface area contributed by atoms with Gasteiger partial charge in [0.1, 0.15) is 6.54 Å². The smallest absolute Gasteiger partial charge is 0.308 e. The normalized spacial score (nSPS) is 26.1. The van der Waals surface area contributed by atoms with Crippen molar-refractivity contribution in [2.45, 2.75) is 42.0 Å². The molecule has 5 atom stereocenters. The maximum Gasteiger partial charge on any atom is 0.308 e. The predicted octanol–water partition coefficient (Wildman–Crippen LogP) is 7.12. The first-order valence-electron chi connectivity index (χ1n) is 12.5. The molecule has 1 N–H and O–H groups in total. The van der Waals surface area contributed by atoms with Crippen LogP contribution >= 0.6 is 39.0 Å². The molecule has 4 nitrogen and oxygen atoms in total. The molecule has 182 valence electrons. The fourth-order valence-corrected chi connectivity index (χ4v) is 10.2. The first kappa shape index (κ1) is 22.8. The number of benzene rings is 3. The van der Waals surface area contributed by atoms with E-state index in [4.69, 9.17) is 0 Å². The number of halogens is 1. The van der Waals surface area contributed by atoms with Crippen LogP contribution in [0, 0.1) is 17.8 Å². The quantitative estimate of drug-likeness (QED) is 0.281. The summed E-state index contributed by atoms with van der Waals surface area (Å²) in [5.41, 5.74) is 2.04. The molecular weight excluding hydrogens is 552 g/mol. The zero-order chi connectivity index (χ0) is 24.4. The summed E-state index contributed by atoms with van der Waals surface area (Å²) in [4.78, 5) is 27.5. The molecule has 1 amide bonds. The topological polar surface area (TPSA) is 51.1 Å². The molecule has 2 aliphatic carbocycles. The molecule has 2 heterocycles. The highest BCUT2D eigenvalue weighted by Gasteiger charge is 2.55. The molecule has 3 aliphatic rings. The molecule has 3 aromatic carbocycles. The number of amides is 1. The van der Waals surface area contributed by atoms with E-state index in [9.17, 15) is 9.59 Å². The van der Waals surface area contributed by atoms with Crippen molar-refractivity contribution in [1.29, 1.82) is 0 Å². The maximum absolute atomic E-state index is 13.3. The molecule has 4 unspecified atom stereocenters. The summed E-state index contributed by atoms with van der Waals surface area (Å²) < 4.78 is 2.80. The van der Waals surface area contributed by atoms with Crippen molar-refractivity contribution >= 4 is 61.4 Å². The van der Waals surface area contributed by atoms with Crippen LogP contribution in [0.2, 0.25) is 0 Å². The zero-order valence-corrected chi connectivity index (χ0v) is 22.7. The number of rotatable bonds is 4. The van der Waals surface area contributed by atoms with Gasteiger partial charge in [-0.15, -0.1) is 11.8 Å². The second kappa shape index (κ2) is 8.89. The molecule has 7 rings (SSSR count). The van der Waals surface area contributed by atoms with E-state index in [1.54, 1.807) is 4.57 Å². The average molecular weight is 578 g/mol. The van der Waals surface area contributed by atoms with Gasteiger partial charge < -0.3 is 5.32 Å². The van der Waals surface area contributed by atoms with Crippen LogP contribution in [0.15, 0.2) is 81.0 Å². The number of anilines is 1. The van der Waals surface area contributed by atoms with Gasteiger partial charge in [0.15, 0.2) is 0 Å². The van der Waals surface area contributed by atoms with Gasteiger partial charge in [0, 0.05) is 26.2 Å². The first-order chi connectivity index (χ1) is 17.5. The summed E-state index contributed by atoms with van der Waals surface area (Å²) >= 11 is 6.79. The van der Waals surface area contributed by atoms with Crippen LogP contribution in [0.1, 0.15) is 35.6 Å². The van der Waals surface area contributed by atoms with Crippen LogP contribution < -0.4 is 10.2 Å². The van der Waals surface area contributed by atoms with Crippen LogP contribution in [-0.2, 0) is 11.3 Å². The van der Waals surface area contributed by atoms with Crippen molar-refractivity contribution in [1.82, 2.24) is 4.57 Å². The number of nitrogens with zero attached hydrogens (tertiary/aromatic N) is 1. The van der Waals surface area contributed by atoms with Crippen molar-refractivity contribution in [3.63, 3.8) is 0 Å². The molecule has 2 bridgehead atoms. The molecule has 1 aliphatic heterocycles. The minimum atomic E-state index is -0.163. The Bertz CT molecular complexity index is 1540. The summed E-state index contributed by atoms with van der Waals surface area (Å²) in [5.74, 6) is 2.09. The lowest BCUT2D eigenvalue weighted by molar-refractivity contribution is -0.116. The Hall–Kier alpha value is -2.35. The summed E-state index contributed by atoms with van der Waals surface area (Å²) in [6.07, 6.45) is 3.90. The van der Waals surface area contributed by atoms with Crippen LogP contribution in [0.5, 0.6) is 0 Å². The highest BCUT2D eigenvalue weighted by atomic mass is 79.9. The number of thiazole rings is 1. The van der Waals surface area contributed by atoms with E-state index in [0.29, 0.717) is 17.1 Å². The predicted molar refractivity (Wildman–Crippen MR) is 151 cm³/mol. The van der Waals surface area contributed by atoms with Crippen molar-refractivity contribution in [2.75, 3.05) is 5.32 Å². The van der Waals surface area contributed by atoms with E-state index < -0.39 is 0 Å². The minimum Gasteiger partial charge on any atom is -0.325 e. The second-order valence-corrected chi connectivity index (χ2v) is 13.3. The lowest BCUT2D eigenvalue weighted by Gasteiger charge is -2.40. The molecule has 2 saturated carbocycles. The lowest BCUT2D eigenvalue weighted by atomic mass is 9.75. The zero-order valence-electron chi connectivity index (χ0n) is 19.5. The number of hydrogen-bond donors (Lipinski definition) is 1. The van der Waals surface area contributed by atoms with Gasteiger partial charge in [0.25, 0.3) is 0 Å². The number of fused-ring (bicyclic) bond motifs is 7. The van der Waals surface area contributed by atoms with E-state index in [-0.39, 0.29) is 23.2 Å². The Kier molecular flexibility index (Phi) is 5.64. The third-order valence-corrected chi connectivity index (χ3v) is 11.6. The number of carbonyl (C=O) groups is 1. The molecule has 36 heavy (non-hydrogen) atoms. The van der Waals surface area contributed by atoms with E-state index in [0.717, 1.165) is 36.8 Å². The van der Waals surface area contributed by atoms with Gasteiger partial charge in [-0.3, -0.25) is 14.2 Å². The lowest BCUT2D eigenvalue weighted by Crippen LogP contribution is -2.34. The summed E-state index contributed by atoms with van der Waals surface area (Å²) in [7, 11) is 0. The minimum absolute atomic E-state index is 0.0319. The van der Waals surface area contributed by atoms with Crippen LogP contribution in [0.3, 0.4) is 0 Å². The molecule has 0 saturated heterocycles. The third-order valence-electron chi connectivity index (χ3n) is 8.25. The third kappa shape index (κ3) is 3.78. The molecule has 0 radical (unpaired) electrons. The Labute approximate surface area is 226 Å². The molecule has 4 aromatic rings. The fourth-order valence-electron chi connectivity index (χ4n) is 6.74. The van der Waals surface area contributed by atoms with Crippen molar-refractivity contribution in [2.24, 2.45) is 17.8 Å². The maximum atomic E-state index is 13.3. The Morgan fingerprint density at radius 1 is 1.00 bits per heavy atom. The summed E-state index contributed by atoms with van der Waals surface area (Å²) in [5, 5.41) is 6.77. The van der Waals surface area contributed by atoms with Gasteiger partial charge in [-0.1, -0.05) is 69.7 Å². The van der Waals surface area contributed by atoms with Gasteiger partial charge >= 0.3 is 4.87 Å². The van der Waals surface area contributed by atoms with E-state index >= 15 is 0 Å². The number of nitrogens with one attached hydrogen (secondary N) is 1. The highest BCUT2D eigenvalue weighted by Crippen LogP contribution is 2.64. The summed E-state index contributed by atoms with van der Waals surface area (Å²) in [6.45, 7) is 0.0447. The fraction of sp³-hybridized carbons (Fsp3) is 0.310. The average Bonchev–Trinajstić information content (AvgIpc) is 3.58. The molecule has 1 aromatic heterocycles. The van der Waals surface area contributed by atoms with Crippen LogP contribution in [-0.4, -0.2) is 15.7 Å². The Morgan fingerprint density at radius 3 is 2.61 bits per heavy atom. The Morgan fingerprint density at radius 2 is 1.78 bits per heavy atom. The SMILES string of the molecule is O=C(Cn1c2c(sc1=O)[C@H](c1ccc(Br)cc1)C1C3CCC(C3)C1S2)Nc1ccc2ccccc2c1. The van der Waals surface area contributed by atoms with E-state index in [2.05, 4.69) is 51.6 Å². The van der Waals surface area contributed by atoms with Gasteiger partial charge in [0.05, 0.1) is 5.03 Å². The van der Waals surface area contributed by atoms with Crippen molar-refractivity contribution < 1.29 is 4.79 Å². The number of carbonyl (C=O) groups excluding carboxylic acids is 1. The first-order valence-corrected chi connectivity index (χ1v) is 15.0. The van der Waals surface area contributed by atoms with Crippen LogP contribution in [0.4, 0.5) is 5.69 Å². The van der Waals surface area contributed by atoms with E-state index in [1.165, 1.54) is 36.2 Å². The van der Waals surface area contributed by atoms with Gasteiger partial charge in [-0.25, -0.2) is 0 Å². The highest BCUT2D eigenvalue weighted by molar-refractivity contribution is 9.10. The van der Waals surface area contributed by atoms with Crippen molar-refractivity contribution in [3.05, 3.63) is 91.3 Å². The van der Waals surface area contributed by atoms with Gasteiger partial charge in [-0.2, -0.15) is 0 Å². The van der Waals surface area contributed by atoms with E-state index in [1.807, 2.05) is 48.2 Å². The molecular formula is C29H25BrN2O2S2.